The molecule has 0 amide bonds. The van der Waals surface area contributed by atoms with E-state index in [1.807, 2.05) is 37.3 Å². The number of rotatable bonds is 1. The van der Waals surface area contributed by atoms with Gasteiger partial charge in [-0.15, -0.1) is 0 Å². The van der Waals surface area contributed by atoms with E-state index in [9.17, 15) is 0 Å². The lowest BCUT2D eigenvalue weighted by molar-refractivity contribution is 1.05. The van der Waals surface area contributed by atoms with Gasteiger partial charge in [-0.05, 0) is 25.1 Å². The van der Waals surface area contributed by atoms with Crippen molar-refractivity contribution in [1.29, 1.82) is 0 Å². The number of nitrogens with zero attached hydrogens (tertiary/aromatic N) is 2. The lowest BCUT2D eigenvalue weighted by Gasteiger charge is -2.00. The molecule has 0 aromatic heterocycles. The third-order valence-corrected chi connectivity index (χ3v) is 3.20. The van der Waals surface area contributed by atoms with E-state index in [4.69, 9.17) is 23.2 Å². The van der Waals surface area contributed by atoms with Gasteiger partial charge < -0.3 is 4.98 Å². The molecule has 1 aromatic carbocycles. The van der Waals surface area contributed by atoms with Crippen molar-refractivity contribution in [2.45, 2.75) is 6.92 Å². The van der Waals surface area contributed by atoms with Gasteiger partial charge in [-0.3, -0.25) is 0 Å². The van der Waals surface area contributed by atoms with Crippen molar-refractivity contribution in [3.8, 4) is 22.6 Å². The number of H-pyrrole nitrogens is 1. The van der Waals surface area contributed by atoms with E-state index in [1.54, 1.807) is 0 Å². The van der Waals surface area contributed by atoms with E-state index in [1.165, 1.54) is 0 Å². The molecule has 3 rings (SSSR count). The predicted molar refractivity (Wildman–Crippen MR) is 73.2 cm³/mol. The molecule has 0 saturated heterocycles. The zero-order valence-electron chi connectivity index (χ0n) is 9.54. The first kappa shape index (κ1) is 11.5. The van der Waals surface area contributed by atoms with Gasteiger partial charge in [0.25, 0.3) is 0 Å². The maximum atomic E-state index is 6.07. The third-order valence-electron chi connectivity index (χ3n) is 2.69. The molecule has 2 heterocycles. The van der Waals surface area contributed by atoms with Crippen molar-refractivity contribution in [2.24, 2.45) is 0 Å². The smallest absolute Gasteiger partial charge is 0.158 e. The molecule has 0 fully saturated rings. The molecule has 0 aliphatic carbocycles. The highest BCUT2D eigenvalue weighted by Gasteiger charge is 2.15. The fraction of sp³-hybridized carbons (Fsp3) is 0.0769. The van der Waals surface area contributed by atoms with Crippen LogP contribution in [0, 0.1) is 6.92 Å². The topological polar surface area (TPSA) is 41.6 Å². The summed E-state index contributed by atoms with van der Waals surface area (Å²) in [7, 11) is 0. The first-order valence-electron chi connectivity index (χ1n) is 5.42. The Hall–Kier alpha value is -1.58. The summed E-state index contributed by atoms with van der Waals surface area (Å²) >= 11 is 11.9. The second-order valence-electron chi connectivity index (χ2n) is 4.02. The van der Waals surface area contributed by atoms with E-state index in [0.29, 0.717) is 15.9 Å². The summed E-state index contributed by atoms with van der Waals surface area (Å²) in [6, 6.07) is 9.49. The first-order valence-corrected chi connectivity index (χ1v) is 6.18. The molecule has 1 aromatic rings. The normalized spacial score (nSPS) is 11.1. The zero-order valence-corrected chi connectivity index (χ0v) is 11.0. The molecule has 0 unspecified atom stereocenters. The Kier molecular flexibility index (Phi) is 2.73. The molecule has 18 heavy (non-hydrogen) atoms. The van der Waals surface area contributed by atoms with Gasteiger partial charge in [0, 0.05) is 10.6 Å². The summed E-state index contributed by atoms with van der Waals surface area (Å²) in [4.78, 5) is 11.8. The Morgan fingerprint density at radius 1 is 1.06 bits per heavy atom. The third kappa shape index (κ3) is 1.96. The minimum absolute atomic E-state index is 0.418. The van der Waals surface area contributed by atoms with Crippen LogP contribution in [0.3, 0.4) is 0 Å². The van der Waals surface area contributed by atoms with Crippen LogP contribution in [0.15, 0.2) is 30.3 Å². The van der Waals surface area contributed by atoms with E-state index < -0.39 is 0 Å². The van der Waals surface area contributed by atoms with E-state index in [0.717, 1.165) is 22.8 Å². The SMILES string of the molecule is Cc1nc(Cl)c2nc(-c3ccc(Cl)cc3)cc-2[nH]1. The fourth-order valence-corrected chi connectivity index (χ4v) is 2.26. The predicted octanol–water partition coefficient (Wildman–Crippen LogP) is 4.19. The number of aromatic amines is 1. The molecule has 1 N–H and O–H groups in total. The average molecular weight is 278 g/mol. The lowest BCUT2D eigenvalue weighted by atomic mass is 10.1. The van der Waals surface area contributed by atoms with Crippen LogP contribution in [0.25, 0.3) is 22.6 Å². The number of hydrogen-bond donors (Lipinski definition) is 1. The highest BCUT2D eigenvalue weighted by atomic mass is 35.5. The number of aryl methyl sites for hydroxylation is 1. The molecule has 0 saturated carbocycles. The van der Waals surface area contributed by atoms with Crippen LogP contribution in [-0.4, -0.2) is 15.0 Å². The van der Waals surface area contributed by atoms with E-state index in [-0.39, 0.29) is 0 Å². The van der Waals surface area contributed by atoms with Crippen LogP contribution >= 0.6 is 23.2 Å². The largest absolute Gasteiger partial charge is 0.342 e. The summed E-state index contributed by atoms with van der Waals surface area (Å²) in [5.41, 5.74) is 3.43. The van der Waals surface area contributed by atoms with Crippen molar-refractivity contribution >= 4 is 23.2 Å². The summed E-state index contributed by atoms with van der Waals surface area (Å²) in [5.74, 6) is 0.766. The second kappa shape index (κ2) is 4.26. The van der Waals surface area contributed by atoms with Gasteiger partial charge in [-0.1, -0.05) is 35.3 Å². The van der Waals surface area contributed by atoms with Crippen LogP contribution in [-0.2, 0) is 0 Å². The molecule has 0 bridgehead atoms. The number of aromatic nitrogens is 3. The Balaban J connectivity index is 2.17. The molecular weight excluding hydrogens is 269 g/mol. The van der Waals surface area contributed by atoms with Gasteiger partial charge in [0.1, 0.15) is 11.5 Å². The van der Waals surface area contributed by atoms with Crippen LogP contribution in [0.2, 0.25) is 10.2 Å². The van der Waals surface area contributed by atoms with Gasteiger partial charge in [0.15, 0.2) is 5.15 Å². The van der Waals surface area contributed by atoms with Gasteiger partial charge in [0.05, 0.1) is 11.4 Å². The minimum Gasteiger partial charge on any atom is -0.342 e. The van der Waals surface area contributed by atoms with Gasteiger partial charge in [0.2, 0.25) is 0 Å². The monoisotopic (exact) mass is 277 g/mol. The minimum atomic E-state index is 0.418. The number of benzene rings is 1. The maximum Gasteiger partial charge on any atom is 0.158 e. The highest BCUT2D eigenvalue weighted by Crippen LogP contribution is 2.31. The van der Waals surface area contributed by atoms with Crippen molar-refractivity contribution in [2.75, 3.05) is 0 Å². The Morgan fingerprint density at radius 2 is 1.78 bits per heavy atom. The van der Waals surface area contributed by atoms with Crippen LogP contribution < -0.4 is 0 Å². The number of hydrogen-bond acceptors (Lipinski definition) is 2. The first-order chi connectivity index (χ1) is 8.63. The van der Waals surface area contributed by atoms with E-state index >= 15 is 0 Å². The summed E-state index contributed by atoms with van der Waals surface area (Å²) in [6.07, 6.45) is 0. The Bertz CT molecular complexity index is 673. The van der Waals surface area contributed by atoms with Crippen molar-refractivity contribution in [3.05, 3.63) is 46.3 Å². The molecule has 90 valence electrons. The Morgan fingerprint density at radius 3 is 2.50 bits per heavy atom. The van der Waals surface area contributed by atoms with Gasteiger partial charge in [-0.2, -0.15) is 0 Å². The Labute approximate surface area is 114 Å². The van der Waals surface area contributed by atoms with E-state index in [2.05, 4.69) is 15.0 Å². The lowest BCUT2D eigenvalue weighted by Crippen LogP contribution is -1.92. The fourth-order valence-electron chi connectivity index (χ4n) is 1.86. The second-order valence-corrected chi connectivity index (χ2v) is 4.82. The summed E-state index contributed by atoms with van der Waals surface area (Å²) in [5, 5.41) is 1.12. The van der Waals surface area contributed by atoms with Crippen molar-refractivity contribution in [1.82, 2.24) is 15.0 Å². The molecule has 5 heteroatoms. The molecule has 2 aliphatic heterocycles. The zero-order chi connectivity index (χ0) is 12.7. The van der Waals surface area contributed by atoms with Crippen LogP contribution in [0.5, 0.6) is 0 Å². The molecule has 3 nitrogen and oxygen atoms in total. The molecule has 0 spiro atoms. The highest BCUT2D eigenvalue weighted by molar-refractivity contribution is 6.32. The number of nitrogens with one attached hydrogen (secondary N) is 1. The van der Waals surface area contributed by atoms with Crippen LogP contribution in [0.4, 0.5) is 0 Å². The van der Waals surface area contributed by atoms with Gasteiger partial charge in [-0.25, -0.2) is 9.97 Å². The van der Waals surface area contributed by atoms with Crippen LogP contribution in [0.1, 0.15) is 5.82 Å². The molecular formula is C13H9Cl2N3. The molecule has 0 radical (unpaired) electrons. The number of fused-ring (bicyclic) bond motifs is 1. The van der Waals surface area contributed by atoms with Crippen molar-refractivity contribution in [3.63, 3.8) is 0 Å². The molecule has 0 atom stereocenters. The molecule has 2 aliphatic rings. The van der Waals surface area contributed by atoms with Gasteiger partial charge >= 0.3 is 0 Å². The number of halogens is 2. The van der Waals surface area contributed by atoms with Crippen molar-refractivity contribution < 1.29 is 0 Å². The summed E-state index contributed by atoms with van der Waals surface area (Å²) < 4.78 is 0. The summed E-state index contributed by atoms with van der Waals surface area (Å²) in [6.45, 7) is 1.86. The standard InChI is InChI=1S/C13H9Cl2N3/c1-7-16-11-6-10(18-12(11)13(15)17-7)8-2-4-9(14)5-3-8/h2-6H,1H3,(H,16,17). The average Bonchev–Trinajstić information content (AvgIpc) is 2.74. The maximum absolute atomic E-state index is 6.07. The quantitative estimate of drug-likeness (QED) is 0.678.